The molecule has 19 heavy (non-hydrogen) atoms. The number of aromatic nitrogens is 1. The quantitative estimate of drug-likeness (QED) is 0.856. The number of nitrogens with zero attached hydrogens (tertiary/aromatic N) is 3. The Morgan fingerprint density at radius 2 is 2.32 bits per heavy atom. The molecule has 0 spiro atoms. The van der Waals surface area contributed by atoms with Crippen molar-refractivity contribution < 1.29 is 9.90 Å². The molecule has 1 aromatic heterocycles. The predicted molar refractivity (Wildman–Crippen MR) is 75.1 cm³/mol. The fourth-order valence-corrected chi connectivity index (χ4v) is 2.68. The first-order valence-electron chi connectivity index (χ1n) is 6.30. The van der Waals surface area contributed by atoms with Crippen LogP contribution in [0.15, 0.2) is 12.1 Å². The fourth-order valence-electron chi connectivity index (χ4n) is 2.54. The number of pyridine rings is 1. The Morgan fingerprint density at radius 1 is 1.58 bits per heavy atom. The van der Waals surface area contributed by atoms with E-state index in [1.54, 1.807) is 0 Å². The number of halogens is 1. The second-order valence-corrected chi connectivity index (χ2v) is 5.45. The molecular weight excluding hydrogens is 266 g/mol. The Hall–Kier alpha value is -1.33. The standard InChI is InChI=1S/C13H18ClN3O2/c1-16(2)8-9-4-3-7-17(9)12-10(13(18)19)5-6-11(14)15-12/h5-6,9H,3-4,7-8H2,1-2H3,(H,18,19). The number of hydrogen-bond acceptors (Lipinski definition) is 4. The molecule has 1 saturated heterocycles. The van der Waals surface area contributed by atoms with E-state index in [9.17, 15) is 9.90 Å². The van der Waals surface area contributed by atoms with Crippen molar-refractivity contribution in [2.24, 2.45) is 0 Å². The van der Waals surface area contributed by atoms with Gasteiger partial charge in [0.2, 0.25) is 0 Å². The van der Waals surface area contributed by atoms with Gasteiger partial charge in [-0.3, -0.25) is 0 Å². The van der Waals surface area contributed by atoms with Gasteiger partial charge in [0.25, 0.3) is 0 Å². The van der Waals surface area contributed by atoms with Crippen LogP contribution < -0.4 is 4.90 Å². The summed E-state index contributed by atoms with van der Waals surface area (Å²) in [6, 6.07) is 3.34. The number of carbonyl (C=O) groups is 1. The average Bonchev–Trinajstić information content (AvgIpc) is 2.75. The molecule has 5 nitrogen and oxygen atoms in total. The molecule has 0 aromatic carbocycles. The molecular formula is C13H18ClN3O2. The van der Waals surface area contributed by atoms with Crippen LogP contribution in [-0.2, 0) is 0 Å². The first-order chi connectivity index (χ1) is 8.99. The smallest absolute Gasteiger partial charge is 0.339 e. The van der Waals surface area contributed by atoms with Crippen LogP contribution in [-0.4, -0.2) is 54.2 Å². The number of anilines is 1. The molecule has 1 N–H and O–H groups in total. The van der Waals surface area contributed by atoms with Gasteiger partial charge in [-0.1, -0.05) is 11.6 Å². The molecule has 1 aromatic rings. The molecule has 0 bridgehead atoms. The maximum atomic E-state index is 11.3. The summed E-state index contributed by atoms with van der Waals surface area (Å²) in [5.74, 6) is -0.473. The second kappa shape index (κ2) is 5.75. The van der Waals surface area contributed by atoms with E-state index in [2.05, 4.69) is 14.8 Å². The maximum absolute atomic E-state index is 11.3. The lowest BCUT2D eigenvalue weighted by atomic mass is 10.2. The van der Waals surface area contributed by atoms with E-state index in [4.69, 9.17) is 11.6 Å². The molecule has 0 aliphatic carbocycles. The molecule has 6 heteroatoms. The van der Waals surface area contributed by atoms with E-state index in [1.165, 1.54) is 12.1 Å². The van der Waals surface area contributed by atoms with Crippen LogP contribution in [0.25, 0.3) is 0 Å². The number of carboxylic acid groups (broad SMARTS) is 1. The molecule has 1 unspecified atom stereocenters. The minimum absolute atomic E-state index is 0.218. The summed E-state index contributed by atoms with van der Waals surface area (Å²) in [5.41, 5.74) is 0.218. The Labute approximate surface area is 117 Å². The van der Waals surface area contributed by atoms with Gasteiger partial charge in [-0.15, -0.1) is 0 Å². The molecule has 0 radical (unpaired) electrons. The molecule has 1 aliphatic rings. The van der Waals surface area contributed by atoms with Crippen LogP contribution in [0, 0.1) is 0 Å². The van der Waals surface area contributed by atoms with Crippen molar-refractivity contribution in [3.63, 3.8) is 0 Å². The lowest BCUT2D eigenvalue weighted by Crippen LogP contribution is -2.38. The first kappa shape index (κ1) is 14.1. The van der Waals surface area contributed by atoms with E-state index >= 15 is 0 Å². The summed E-state index contributed by atoms with van der Waals surface area (Å²) >= 11 is 5.91. The van der Waals surface area contributed by atoms with Gasteiger partial charge in [0.15, 0.2) is 0 Å². The lowest BCUT2D eigenvalue weighted by molar-refractivity contribution is 0.0697. The van der Waals surface area contributed by atoms with Crippen LogP contribution in [0.5, 0.6) is 0 Å². The van der Waals surface area contributed by atoms with Crippen LogP contribution in [0.1, 0.15) is 23.2 Å². The van der Waals surface area contributed by atoms with Gasteiger partial charge >= 0.3 is 5.97 Å². The Morgan fingerprint density at radius 3 is 2.95 bits per heavy atom. The summed E-state index contributed by atoms with van der Waals surface area (Å²) in [5, 5.41) is 9.59. The maximum Gasteiger partial charge on any atom is 0.339 e. The van der Waals surface area contributed by atoms with Gasteiger partial charge in [-0.25, -0.2) is 9.78 Å². The molecule has 1 fully saturated rings. The molecule has 2 rings (SSSR count). The van der Waals surface area contributed by atoms with Crippen LogP contribution in [0.4, 0.5) is 5.82 Å². The SMILES string of the molecule is CN(C)CC1CCCN1c1nc(Cl)ccc1C(=O)O. The monoisotopic (exact) mass is 283 g/mol. The van der Waals surface area contributed by atoms with Gasteiger partial charge < -0.3 is 14.9 Å². The predicted octanol–water partition coefficient (Wildman–Crippen LogP) is 1.96. The van der Waals surface area contributed by atoms with Crippen molar-refractivity contribution in [2.75, 3.05) is 32.1 Å². The van der Waals surface area contributed by atoms with Gasteiger partial charge in [0.05, 0.1) is 0 Å². The summed E-state index contributed by atoms with van der Waals surface area (Å²) in [6.07, 6.45) is 2.09. The number of hydrogen-bond donors (Lipinski definition) is 1. The second-order valence-electron chi connectivity index (χ2n) is 5.06. The highest BCUT2D eigenvalue weighted by atomic mass is 35.5. The fraction of sp³-hybridized carbons (Fsp3) is 0.538. The molecule has 1 aliphatic heterocycles. The summed E-state index contributed by atoms with van der Waals surface area (Å²) < 4.78 is 0. The molecule has 104 valence electrons. The van der Waals surface area contributed by atoms with Crippen LogP contribution >= 0.6 is 11.6 Å². The molecule has 1 atom stereocenters. The lowest BCUT2D eigenvalue weighted by Gasteiger charge is -2.29. The third-order valence-corrected chi connectivity index (χ3v) is 3.51. The molecule has 2 heterocycles. The minimum Gasteiger partial charge on any atom is -0.478 e. The molecule has 0 amide bonds. The Balaban J connectivity index is 2.34. The normalized spacial score (nSPS) is 19.2. The topological polar surface area (TPSA) is 56.7 Å². The van der Waals surface area contributed by atoms with E-state index in [0.29, 0.717) is 17.0 Å². The summed E-state index contributed by atoms with van der Waals surface area (Å²) in [7, 11) is 4.03. The van der Waals surface area contributed by atoms with Gasteiger partial charge in [-0.05, 0) is 39.1 Å². The number of aromatic carboxylic acids is 1. The van der Waals surface area contributed by atoms with Crippen molar-refractivity contribution in [1.82, 2.24) is 9.88 Å². The minimum atomic E-state index is -0.963. The van der Waals surface area contributed by atoms with Crippen molar-refractivity contribution in [3.8, 4) is 0 Å². The summed E-state index contributed by atoms with van der Waals surface area (Å²) in [4.78, 5) is 19.7. The third-order valence-electron chi connectivity index (χ3n) is 3.30. The zero-order valence-electron chi connectivity index (χ0n) is 11.1. The van der Waals surface area contributed by atoms with E-state index in [0.717, 1.165) is 25.9 Å². The zero-order valence-corrected chi connectivity index (χ0v) is 11.9. The Bertz CT molecular complexity index is 479. The van der Waals surface area contributed by atoms with Crippen LogP contribution in [0.2, 0.25) is 5.15 Å². The van der Waals surface area contributed by atoms with Gasteiger partial charge in [-0.2, -0.15) is 0 Å². The zero-order chi connectivity index (χ0) is 14.0. The van der Waals surface area contributed by atoms with Crippen molar-refractivity contribution in [3.05, 3.63) is 22.8 Å². The highest BCUT2D eigenvalue weighted by molar-refractivity contribution is 6.29. The molecule has 0 saturated carbocycles. The number of rotatable bonds is 4. The van der Waals surface area contributed by atoms with Crippen molar-refractivity contribution in [2.45, 2.75) is 18.9 Å². The van der Waals surface area contributed by atoms with Crippen molar-refractivity contribution in [1.29, 1.82) is 0 Å². The Kier molecular flexibility index (Phi) is 4.27. The van der Waals surface area contributed by atoms with E-state index in [1.807, 2.05) is 14.1 Å². The number of carboxylic acids is 1. The van der Waals surface area contributed by atoms with Crippen molar-refractivity contribution >= 4 is 23.4 Å². The van der Waals surface area contributed by atoms with E-state index < -0.39 is 5.97 Å². The average molecular weight is 284 g/mol. The van der Waals surface area contributed by atoms with Gasteiger partial charge in [0.1, 0.15) is 16.5 Å². The van der Waals surface area contributed by atoms with E-state index in [-0.39, 0.29) is 5.56 Å². The highest BCUT2D eigenvalue weighted by Crippen LogP contribution is 2.28. The largest absolute Gasteiger partial charge is 0.478 e. The first-order valence-corrected chi connectivity index (χ1v) is 6.68. The third kappa shape index (κ3) is 3.16. The number of likely N-dealkylation sites (N-methyl/N-ethyl adjacent to an activating group) is 1. The van der Waals surface area contributed by atoms with Crippen LogP contribution in [0.3, 0.4) is 0 Å². The summed E-state index contributed by atoms with van der Waals surface area (Å²) in [6.45, 7) is 1.71. The van der Waals surface area contributed by atoms with Gasteiger partial charge in [0, 0.05) is 19.1 Å². The highest BCUT2D eigenvalue weighted by Gasteiger charge is 2.29.